The molecule has 1 heterocycles. The van der Waals surface area contributed by atoms with E-state index < -0.39 is 0 Å². The Bertz CT molecular complexity index is 974. The summed E-state index contributed by atoms with van der Waals surface area (Å²) in [4.78, 5) is 14.7. The molecule has 1 amide bonds. The maximum Gasteiger partial charge on any atom is 0.254 e. The highest BCUT2D eigenvalue weighted by molar-refractivity contribution is 6.99. The van der Waals surface area contributed by atoms with Gasteiger partial charge in [0.25, 0.3) is 5.91 Å². The van der Waals surface area contributed by atoms with E-state index in [-0.39, 0.29) is 5.91 Å². The van der Waals surface area contributed by atoms with E-state index in [1.807, 2.05) is 37.3 Å². The molecule has 0 bridgehead atoms. The lowest BCUT2D eigenvalue weighted by Gasteiger charge is -2.22. The molecule has 28 heavy (non-hydrogen) atoms. The first-order valence-corrected chi connectivity index (χ1v) is 9.83. The van der Waals surface area contributed by atoms with Crippen molar-refractivity contribution in [3.63, 3.8) is 0 Å². The third-order valence-electron chi connectivity index (χ3n) is 4.16. The third-order valence-corrected chi connectivity index (χ3v) is 5.18. The lowest BCUT2D eigenvalue weighted by atomic mass is 10.1. The number of amides is 1. The Morgan fingerprint density at radius 2 is 2.07 bits per heavy atom. The van der Waals surface area contributed by atoms with Crippen molar-refractivity contribution in [2.45, 2.75) is 20.1 Å². The minimum atomic E-state index is -0.114. The fourth-order valence-electron chi connectivity index (χ4n) is 2.64. The van der Waals surface area contributed by atoms with Crippen molar-refractivity contribution in [2.24, 2.45) is 0 Å². The monoisotopic (exact) mass is 413 g/mol. The number of benzene rings is 2. The molecule has 0 aliphatic rings. The summed E-state index contributed by atoms with van der Waals surface area (Å²) in [7, 11) is 0. The highest BCUT2D eigenvalue weighted by Crippen LogP contribution is 2.21. The molecular formula is C21H20ClN3O2S. The van der Waals surface area contributed by atoms with Crippen LogP contribution in [-0.4, -0.2) is 26.1 Å². The molecule has 0 saturated heterocycles. The summed E-state index contributed by atoms with van der Waals surface area (Å²) in [5.41, 5.74) is 3.08. The lowest BCUT2D eigenvalue weighted by molar-refractivity contribution is 0.0762. The molecule has 0 aliphatic heterocycles. The highest BCUT2D eigenvalue weighted by Gasteiger charge is 2.17. The van der Waals surface area contributed by atoms with Crippen molar-refractivity contribution in [1.29, 1.82) is 0 Å². The van der Waals surface area contributed by atoms with Gasteiger partial charge in [-0.3, -0.25) is 4.79 Å². The van der Waals surface area contributed by atoms with Gasteiger partial charge in [-0.1, -0.05) is 41.9 Å². The SMILES string of the molecule is C=CCN(Cc1ccccc1Cl)C(=O)c1cccc(OCc2nsnc2C)c1. The molecule has 2 aromatic carbocycles. The smallest absolute Gasteiger partial charge is 0.254 e. The first-order valence-electron chi connectivity index (χ1n) is 8.73. The summed E-state index contributed by atoms with van der Waals surface area (Å²) in [6.45, 7) is 6.79. The molecule has 0 spiro atoms. The third kappa shape index (κ3) is 4.97. The van der Waals surface area contributed by atoms with Crippen molar-refractivity contribution in [2.75, 3.05) is 6.54 Å². The normalized spacial score (nSPS) is 10.5. The minimum absolute atomic E-state index is 0.114. The second-order valence-electron chi connectivity index (χ2n) is 6.18. The van der Waals surface area contributed by atoms with Crippen molar-refractivity contribution < 1.29 is 9.53 Å². The molecule has 1 aromatic heterocycles. The van der Waals surface area contributed by atoms with Crippen molar-refractivity contribution >= 4 is 29.2 Å². The molecule has 0 unspecified atom stereocenters. The van der Waals surface area contributed by atoms with E-state index in [0.717, 1.165) is 28.7 Å². The van der Waals surface area contributed by atoms with Crippen LogP contribution < -0.4 is 4.74 Å². The van der Waals surface area contributed by atoms with E-state index in [9.17, 15) is 4.79 Å². The van der Waals surface area contributed by atoms with Gasteiger partial charge in [0.1, 0.15) is 18.1 Å². The van der Waals surface area contributed by atoms with E-state index in [0.29, 0.717) is 36.0 Å². The fraction of sp³-hybridized carbons (Fsp3) is 0.190. The molecule has 5 nitrogen and oxygen atoms in total. The molecular weight excluding hydrogens is 394 g/mol. The van der Waals surface area contributed by atoms with Crippen LogP contribution in [0, 0.1) is 6.92 Å². The quantitative estimate of drug-likeness (QED) is 0.492. The largest absolute Gasteiger partial charge is 0.487 e. The molecule has 0 radical (unpaired) electrons. The van der Waals surface area contributed by atoms with E-state index >= 15 is 0 Å². The predicted octanol–water partition coefficient (Wildman–Crippen LogP) is 4.91. The summed E-state index contributed by atoms with van der Waals surface area (Å²) in [5.74, 6) is 0.492. The van der Waals surface area contributed by atoms with Gasteiger partial charge in [-0.05, 0) is 36.8 Å². The lowest BCUT2D eigenvalue weighted by Crippen LogP contribution is -2.30. The molecule has 0 N–H and O–H groups in total. The molecule has 3 rings (SSSR count). The molecule has 0 saturated carbocycles. The minimum Gasteiger partial charge on any atom is -0.487 e. The first-order chi connectivity index (χ1) is 13.6. The number of rotatable bonds is 8. The number of carbonyl (C=O) groups is 1. The van der Waals surface area contributed by atoms with Crippen LogP contribution in [0.5, 0.6) is 5.75 Å². The average Bonchev–Trinajstić information content (AvgIpc) is 3.12. The number of hydrogen-bond acceptors (Lipinski definition) is 5. The van der Waals surface area contributed by atoms with Gasteiger partial charge in [0.2, 0.25) is 0 Å². The van der Waals surface area contributed by atoms with Gasteiger partial charge in [0.15, 0.2) is 0 Å². The van der Waals surface area contributed by atoms with Gasteiger partial charge in [-0.15, -0.1) is 6.58 Å². The summed E-state index contributed by atoms with van der Waals surface area (Å²) in [6.07, 6.45) is 1.70. The molecule has 7 heteroatoms. The molecule has 144 valence electrons. The van der Waals surface area contributed by atoms with Crippen LogP contribution in [-0.2, 0) is 13.2 Å². The maximum atomic E-state index is 13.0. The summed E-state index contributed by atoms with van der Waals surface area (Å²) < 4.78 is 14.1. The molecule has 3 aromatic rings. The standard InChI is InChI=1S/C21H20ClN3O2S/c1-3-11-25(13-17-7-4-5-10-19(17)22)21(26)16-8-6-9-18(12-16)27-14-20-15(2)23-28-24-20/h3-10,12H,1,11,13-14H2,2H3. The predicted molar refractivity (Wildman–Crippen MR) is 112 cm³/mol. The van der Waals surface area contributed by atoms with Crippen molar-refractivity contribution in [1.82, 2.24) is 13.6 Å². The second-order valence-corrected chi connectivity index (χ2v) is 7.11. The van der Waals surface area contributed by atoms with E-state index in [2.05, 4.69) is 15.3 Å². The number of ether oxygens (including phenoxy) is 1. The van der Waals surface area contributed by atoms with Gasteiger partial charge < -0.3 is 9.64 Å². The Labute approximate surface area is 173 Å². The number of hydrogen-bond donors (Lipinski definition) is 0. The van der Waals surface area contributed by atoms with E-state index in [1.165, 1.54) is 0 Å². The van der Waals surface area contributed by atoms with Gasteiger partial charge in [-0.2, -0.15) is 8.75 Å². The van der Waals surface area contributed by atoms with Gasteiger partial charge >= 0.3 is 0 Å². The topological polar surface area (TPSA) is 55.3 Å². The highest BCUT2D eigenvalue weighted by atomic mass is 35.5. The Kier molecular flexibility index (Phi) is 6.79. The Balaban J connectivity index is 1.74. The molecule has 0 fully saturated rings. The number of halogens is 1. The van der Waals surface area contributed by atoms with Crippen LogP contribution in [0.3, 0.4) is 0 Å². The number of aryl methyl sites for hydroxylation is 1. The zero-order chi connectivity index (χ0) is 19.9. The Morgan fingerprint density at radius 3 is 2.79 bits per heavy atom. The first kappa shape index (κ1) is 20.0. The second kappa shape index (κ2) is 9.48. The van der Waals surface area contributed by atoms with E-state index in [1.54, 1.807) is 29.2 Å². The molecule has 0 aliphatic carbocycles. The Hall–Kier alpha value is -2.70. The fourth-order valence-corrected chi connectivity index (χ4v) is 3.39. The van der Waals surface area contributed by atoms with Crippen LogP contribution in [0.15, 0.2) is 61.2 Å². The number of carbonyl (C=O) groups excluding carboxylic acids is 1. The van der Waals surface area contributed by atoms with Gasteiger partial charge in [-0.25, -0.2) is 0 Å². The van der Waals surface area contributed by atoms with Crippen molar-refractivity contribution in [3.8, 4) is 5.75 Å². The van der Waals surface area contributed by atoms with Crippen LogP contribution >= 0.6 is 23.3 Å². The number of aromatic nitrogens is 2. The van der Waals surface area contributed by atoms with Crippen LogP contribution in [0.25, 0.3) is 0 Å². The van der Waals surface area contributed by atoms with Crippen LogP contribution in [0.4, 0.5) is 0 Å². The van der Waals surface area contributed by atoms with Crippen LogP contribution in [0.2, 0.25) is 5.02 Å². The summed E-state index contributed by atoms with van der Waals surface area (Å²) >= 11 is 7.41. The van der Waals surface area contributed by atoms with Gasteiger partial charge in [0.05, 0.1) is 17.4 Å². The van der Waals surface area contributed by atoms with Gasteiger partial charge in [0, 0.05) is 23.7 Å². The maximum absolute atomic E-state index is 13.0. The Morgan fingerprint density at radius 1 is 1.25 bits per heavy atom. The average molecular weight is 414 g/mol. The number of nitrogens with zero attached hydrogens (tertiary/aromatic N) is 3. The molecule has 0 atom stereocenters. The van der Waals surface area contributed by atoms with Crippen molar-refractivity contribution in [3.05, 3.63) is 88.7 Å². The zero-order valence-electron chi connectivity index (χ0n) is 15.5. The zero-order valence-corrected chi connectivity index (χ0v) is 17.0. The summed E-state index contributed by atoms with van der Waals surface area (Å²) in [6, 6.07) is 14.6. The van der Waals surface area contributed by atoms with Crippen LogP contribution in [0.1, 0.15) is 27.3 Å². The van der Waals surface area contributed by atoms with E-state index in [4.69, 9.17) is 16.3 Å². The summed E-state index contributed by atoms with van der Waals surface area (Å²) in [5, 5.41) is 0.633.